The van der Waals surface area contributed by atoms with Crippen molar-refractivity contribution in [3.63, 3.8) is 0 Å². The molecule has 3 aromatic rings. The maximum absolute atomic E-state index is 14.1. The number of amides is 2. The number of carbonyl (C=O) groups excluding carboxylic acids is 2. The van der Waals surface area contributed by atoms with E-state index in [1.807, 2.05) is 39.8 Å². The molecule has 0 fully saturated rings. The van der Waals surface area contributed by atoms with E-state index in [1.54, 1.807) is 48.5 Å². The van der Waals surface area contributed by atoms with Crippen LogP contribution in [0.25, 0.3) is 0 Å². The Labute approximate surface area is 243 Å². The smallest absolute Gasteiger partial charge is 0.264 e. The summed E-state index contributed by atoms with van der Waals surface area (Å²) in [6.45, 7) is 7.77. The van der Waals surface area contributed by atoms with Gasteiger partial charge in [0.15, 0.2) is 0 Å². The van der Waals surface area contributed by atoms with Crippen LogP contribution in [0.4, 0.5) is 5.69 Å². The number of anilines is 1. The quantitative estimate of drug-likeness (QED) is 0.255. The average molecular weight is 584 g/mol. The van der Waals surface area contributed by atoms with Gasteiger partial charge in [-0.25, -0.2) is 8.42 Å². The largest absolute Gasteiger partial charge is 0.354 e. The summed E-state index contributed by atoms with van der Waals surface area (Å²) in [5.41, 5.74) is 2.94. The van der Waals surface area contributed by atoms with E-state index in [1.165, 1.54) is 17.0 Å². The van der Waals surface area contributed by atoms with Crippen LogP contribution in [0.1, 0.15) is 49.8 Å². The van der Waals surface area contributed by atoms with Crippen molar-refractivity contribution in [3.8, 4) is 0 Å². The number of nitrogens with one attached hydrogen (secondary N) is 1. The van der Waals surface area contributed by atoms with E-state index in [0.29, 0.717) is 29.2 Å². The van der Waals surface area contributed by atoms with Gasteiger partial charge in [-0.05, 0) is 73.7 Å². The third-order valence-corrected chi connectivity index (χ3v) is 9.06. The SMILES string of the molecule is CCCCNC(=O)[C@@H](CC)N(Cc1ccccc1Cl)C(=O)CN(c1ccc(C)c(C)c1)S(=O)(=O)c1ccccc1. The first kappa shape index (κ1) is 31.2. The van der Waals surface area contributed by atoms with E-state index >= 15 is 0 Å². The Hall–Kier alpha value is -3.36. The van der Waals surface area contributed by atoms with Crippen LogP contribution < -0.4 is 9.62 Å². The number of halogens is 1. The summed E-state index contributed by atoms with van der Waals surface area (Å²) >= 11 is 6.44. The van der Waals surface area contributed by atoms with Crippen LogP contribution in [0, 0.1) is 13.8 Å². The molecule has 3 rings (SSSR count). The van der Waals surface area contributed by atoms with Crippen molar-refractivity contribution >= 4 is 39.1 Å². The number of sulfonamides is 1. The molecule has 1 N–H and O–H groups in total. The Morgan fingerprint density at radius 1 is 0.925 bits per heavy atom. The van der Waals surface area contributed by atoms with Crippen LogP contribution in [0.15, 0.2) is 77.7 Å². The van der Waals surface area contributed by atoms with Crippen LogP contribution in [-0.4, -0.2) is 44.3 Å². The first-order chi connectivity index (χ1) is 19.1. The first-order valence-electron chi connectivity index (χ1n) is 13.6. The summed E-state index contributed by atoms with van der Waals surface area (Å²) in [6, 6.07) is 19.6. The number of benzene rings is 3. The van der Waals surface area contributed by atoms with Gasteiger partial charge < -0.3 is 10.2 Å². The Morgan fingerprint density at radius 2 is 1.60 bits per heavy atom. The highest BCUT2D eigenvalue weighted by molar-refractivity contribution is 7.92. The molecule has 0 radical (unpaired) electrons. The molecule has 214 valence electrons. The highest BCUT2D eigenvalue weighted by Crippen LogP contribution is 2.27. The number of hydrogen-bond donors (Lipinski definition) is 1. The highest BCUT2D eigenvalue weighted by atomic mass is 35.5. The number of rotatable bonds is 13. The fourth-order valence-electron chi connectivity index (χ4n) is 4.36. The molecule has 0 aliphatic heterocycles. The van der Waals surface area contributed by atoms with Crippen molar-refractivity contribution in [1.29, 1.82) is 0 Å². The van der Waals surface area contributed by atoms with Crippen LogP contribution in [0.3, 0.4) is 0 Å². The zero-order chi connectivity index (χ0) is 29.3. The van der Waals surface area contributed by atoms with Crippen molar-refractivity contribution in [1.82, 2.24) is 10.2 Å². The van der Waals surface area contributed by atoms with E-state index in [-0.39, 0.29) is 17.3 Å². The van der Waals surface area contributed by atoms with E-state index in [4.69, 9.17) is 11.6 Å². The lowest BCUT2D eigenvalue weighted by Crippen LogP contribution is -2.52. The zero-order valence-corrected chi connectivity index (χ0v) is 25.1. The maximum Gasteiger partial charge on any atom is 0.264 e. The summed E-state index contributed by atoms with van der Waals surface area (Å²) < 4.78 is 28.9. The van der Waals surface area contributed by atoms with Crippen molar-refractivity contribution < 1.29 is 18.0 Å². The lowest BCUT2D eigenvalue weighted by molar-refractivity contribution is -0.140. The minimum atomic E-state index is -4.10. The van der Waals surface area contributed by atoms with Crippen molar-refractivity contribution in [2.45, 2.75) is 64.4 Å². The molecule has 40 heavy (non-hydrogen) atoms. The Kier molecular flexibility index (Phi) is 11.2. The van der Waals surface area contributed by atoms with Gasteiger partial charge in [0, 0.05) is 18.1 Å². The van der Waals surface area contributed by atoms with E-state index in [2.05, 4.69) is 5.32 Å². The molecule has 0 aromatic heterocycles. The highest BCUT2D eigenvalue weighted by Gasteiger charge is 2.34. The molecule has 0 saturated carbocycles. The fraction of sp³-hybridized carbons (Fsp3) is 0.355. The average Bonchev–Trinajstić information content (AvgIpc) is 2.94. The van der Waals surface area contributed by atoms with E-state index in [0.717, 1.165) is 28.3 Å². The third kappa shape index (κ3) is 7.64. The Morgan fingerprint density at radius 3 is 2.23 bits per heavy atom. The lowest BCUT2D eigenvalue weighted by Gasteiger charge is -2.33. The van der Waals surface area contributed by atoms with E-state index in [9.17, 15) is 18.0 Å². The summed E-state index contributed by atoms with van der Waals surface area (Å²) in [5, 5.41) is 3.39. The molecule has 0 heterocycles. The molecular weight excluding hydrogens is 546 g/mol. The van der Waals surface area contributed by atoms with Gasteiger partial charge in [0.1, 0.15) is 12.6 Å². The Balaban J connectivity index is 2.06. The van der Waals surface area contributed by atoms with Gasteiger partial charge in [0.05, 0.1) is 10.6 Å². The summed E-state index contributed by atoms with van der Waals surface area (Å²) in [6.07, 6.45) is 2.08. The lowest BCUT2D eigenvalue weighted by atomic mass is 10.1. The van der Waals surface area contributed by atoms with Crippen LogP contribution >= 0.6 is 11.6 Å². The second-order valence-electron chi connectivity index (χ2n) is 9.77. The number of hydrogen-bond acceptors (Lipinski definition) is 4. The topological polar surface area (TPSA) is 86.8 Å². The minimum Gasteiger partial charge on any atom is -0.354 e. The van der Waals surface area contributed by atoms with Crippen molar-refractivity contribution in [2.75, 3.05) is 17.4 Å². The van der Waals surface area contributed by atoms with Gasteiger partial charge in [0.2, 0.25) is 11.8 Å². The third-order valence-electron chi connectivity index (χ3n) is 6.90. The Bertz CT molecular complexity index is 1410. The van der Waals surface area contributed by atoms with Gasteiger partial charge in [0.25, 0.3) is 10.0 Å². The minimum absolute atomic E-state index is 0.0599. The van der Waals surface area contributed by atoms with Gasteiger partial charge in [-0.3, -0.25) is 13.9 Å². The first-order valence-corrected chi connectivity index (χ1v) is 15.4. The van der Waals surface area contributed by atoms with Gasteiger partial charge >= 0.3 is 0 Å². The predicted octanol–water partition coefficient (Wildman–Crippen LogP) is 5.88. The van der Waals surface area contributed by atoms with Crippen LogP contribution in [0.5, 0.6) is 0 Å². The molecule has 0 bridgehead atoms. The van der Waals surface area contributed by atoms with Crippen molar-refractivity contribution in [2.24, 2.45) is 0 Å². The fourth-order valence-corrected chi connectivity index (χ4v) is 5.99. The summed E-state index contributed by atoms with van der Waals surface area (Å²) in [4.78, 5) is 28.9. The van der Waals surface area contributed by atoms with Gasteiger partial charge in [-0.2, -0.15) is 0 Å². The molecule has 1 atom stereocenters. The van der Waals surface area contributed by atoms with Gasteiger partial charge in [-0.15, -0.1) is 0 Å². The number of unbranched alkanes of at least 4 members (excludes halogenated alkanes) is 1. The molecule has 2 amide bonds. The van der Waals surface area contributed by atoms with Gasteiger partial charge in [-0.1, -0.05) is 74.3 Å². The van der Waals surface area contributed by atoms with Crippen LogP contribution in [-0.2, 0) is 26.2 Å². The summed E-state index contributed by atoms with van der Waals surface area (Å²) in [7, 11) is -4.10. The second kappa shape index (κ2) is 14.3. The zero-order valence-electron chi connectivity index (χ0n) is 23.6. The molecule has 3 aromatic carbocycles. The standard InChI is InChI=1S/C31H38ClN3O4S/c1-5-7-19-33-31(37)29(6-2)34(21-25-13-11-12-16-28(25)32)30(36)22-35(26-18-17-23(3)24(4)20-26)40(38,39)27-14-9-8-10-15-27/h8-18,20,29H,5-7,19,21-22H2,1-4H3,(H,33,37)/t29-/m1/s1. The number of nitrogens with zero attached hydrogens (tertiary/aromatic N) is 2. The number of carbonyl (C=O) groups is 2. The second-order valence-corrected chi connectivity index (χ2v) is 12.0. The number of aryl methyl sites for hydroxylation is 2. The molecule has 9 heteroatoms. The molecule has 0 aliphatic rings. The maximum atomic E-state index is 14.1. The summed E-state index contributed by atoms with van der Waals surface area (Å²) in [5.74, 6) is -0.782. The predicted molar refractivity (Wildman–Crippen MR) is 161 cm³/mol. The molecule has 0 spiro atoms. The molecule has 0 aliphatic carbocycles. The molecule has 7 nitrogen and oxygen atoms in total. The molecule has 0 unspecified atom stereocenters. The molecular formula is C31H38ClN3O4S. The van der Waals surface area contributed by atoms with E-state index < -0.39 is 28.5 Å². The molecule has 0 saturated heterocycles. The normalized spacial score (nSPS) is 12.0. The van der Waals surface area contributed by atoms with Crippen molar-refractivity contribution in [3.05, 3.63) is 94.5 Å². The van der Waals surface area contributed by atoms with Crippen LogP contribution in [0.2, 0.25) is 5.02 Å². The monoisotopic (exact) mass is 583 g/mol.